The number of piperidine rings is 1. The molecular formula is C10H16BrN3O3S. The third-order valence-corrected chi connectivity index (χ3v) is 5.50. The van der Waals surface area contributed by atoms with Gasteiger partial charge >= 0.3 is 0 Å². The topological polar surface area (TPSA) is 75.4 Å². The molecule has 0 atom stereocenters. The summed E-state index contributed by atoms with van der Waals surface area (Å²) in [5.41, 5.74) is 0.563. The van der Waals surface area contributed by atoms with Crippen LogP contribution in [0.2, 0.25) is 0 Å². The first-order chi connectivity index (χ1) is 8.50. The molecule has 0 aromatic carbocycles. The average Bonchev–Trinajstić information content (AvgIpc) is 2.69. The molecule has 2 heterocycles. The van der Waals surface area contributed by atoms with Crippen LogP contribution >= 0.6 is 15.9 Å². The number of hydrogen-bond acceptors (Lipinski definition) is 4. The molecular weight excluding hydrogens is 322 g/mol. The van der Waals surface area contributed by atoms with Crippen LogP contribution in [0.25, 0.3) is 0 Å². The largest absolute Gasteiger partial charge is 0.360 e. The van der Waals surface area contributed by atoms with E-state index in [0.717, 1.165) is 19.3 Å². The second kappa shape index (κ2) is 5.68. The number of nitrogens with one attached hydrogen (secondary N) is 1. The Balaban J connectivity index is 1.98. The number of aryl methyl sites for hydroxylation is 1. The van der Waals surface area contributed by atoms with Crippen molar-refractivity contribution in [2.45, 2.75) is 32.7 Å². The Morgan fingerprint density at radius 2 is 2.06 bits per heavy atom. The number of rotatable bonds is 4. The molecule has 0 saturated carbocycles. The Bertz CT molecular complexity index is 508. The summed E-state index contributed by atoms with van der Waals surface area (Å²) in [4.78, 5) is 0. The van der Waals surface area contributed by atoms with Gasteiger partial charge in [0.1, 0.15) is 11.5 Å². The molecule has 2 rings (SSSR count). The van der Waals surface area contributed by atoms with Gasteiger partial charge < -0.3 is 4.52 Å². The van der Waals surface area contributed by atoms with Gasteiger partial charge in [-0.3, -0.25) is 0 Å². The third kappa shape index (κ3) is 3.11. The van der Waals surface area contributed by atoms with Crippen molar-refractivity contribution in [1.29, 1.82) is 0 Å². The molecule has 1 aromatic heterocycles. The minimum Gasteiger partial charge on any atom is -0.360 e. The molecule has 1 fully saturated rings. The Morgan fingerprint density at radius 1 is 1.39 bits per heavy atom. The highest BCUT2D eigenvalue weighted by Gasteiger charge is 2.24. The average molecular weight is 338 g/mol. The maximum Gasteiger partial charge on any atom is 0.279 e. The molecule has 0 bridgehead atoms. The zero-order valence-corrected chi connectivity index (χ0v) is 12.6. The van der Waals surface area contributed by atoms with Crippen LogP contribution < -0.4 is 4.72 Å². The highest BCUT2D eigenvalue weighted by atomic mass is 79.9. The molecule has 6 nitrogen and oxygen atoms in total. The molecule has 18 heavy (non-hydrogen) atoms. The summed E-state index contributed by atoms with van der Waals surface area (Å²) >= 11 is 3.31. The highest BCUT2D eigenvalue weighted by molar-refractivity contribution is 9.10. The van der Waals surface area contributed by atoms with Crippen molar-refractivity contribution in [3.8, 4) is 0 Å². The van der Waals surface area contributed by atoms with Crippen molar-refractivity contribution < 1.29 is 12.9 Å². The first-order valence-corrected chi connectivity index (χ1v) is 8.09. The van der Waals surface area contributed by atoms with Gasteiger partial charge in [-0.05, 0) is 35.7 Å². The van der Waals surface area contributed by atoms with Crippen LogP contribution in [0.15, 0.2) is 9.00 Å². The molecule has 0 unspecified atom stereocenters. The Labute approximate surface area is 115 Å². The van der Waals surface area contributed by atoms with Crippen LogP contribution in [0.4, 0.5) is 0 Å². The maximum absolute atomic E-state index is 12.0. The van der Waals surface area contributed by atoms with Crippen LogP contribution in [0, 0.1) is 6.92 Å². The van der Waals surface area contributed by atoms with Crippen LogP contribution in [-0.2, 0) is 16.8 Å². The Hall–Kier alpha value is -0.440. The van der Waals surface area contributed by atoms with E-state index in [4.69, 9.17) is 4.52 Å². The lowest BCUT2D eigenvalue weighted by Crippen LogP contribution is -2.43. The molecule has 0 aliphatic carbocycles. The highest BCUT2D eigenvalue weighted by Crippen LogP contribution is 2.20. The molecule has 1 aliphatic rings. The van der Waals surface area contributed by atoms with Crippen molar-refractivity contribution in [2.75, 3.05) is 13.1 Å². The van der Waals surface area contributed by atoms with Gasteiger partial charge in [-0.25, -0.2) is 0 Å². The predicted octanol–water partition coefficient (Wildman–Crippen LogP) is 1.57. The number of hydrogen-bond donors (Lipinski definition) is 1. The zero-order valence-electron chi connectivity index (χ0n) is 10.1. The number of halogens is 1. The fourth-order valence-electron chi connectivity index (χ4n) is 1.87. The smallest absolute Gasteiger partial charge is 0.279 e. The van der Waals surface area contributed by atoms with E-state index in [1.807, 2.05) is 0 Å². The van der Waals surface area contributed by atoms with E-state index in [2.05, 4.69) is 25.8 Å². The molecule has 0 amide bonds. The minimum absolute atomic E-state index is 0.136. The van der Waals surface area contributed by atoms with Crippen LogP contribution in [0.1, 0.15) is 30.7 Å². The lowest BCUT2D eigenvalue weighted by atomic mass is 10.2. The molecule has 1 saturated heterocycles. The van der Waals surface area contributed by atoms with Gasteiger partial charge in [0, 0.05) is 13.1 Å². The van der Waals surface area contributed by atoms with Crippen molar-refractivity contribution >= 4 is 26.1 Å². The lowest BCUT2D eigenvalue weighted by Gasteiger charge is -2.25. The molecule has 0 radical (unpaired) electrons. The van der Waals surface area contributed by atoms with Crippen molar-refractivity contribution in [1.82, 2.24) is 14.2 Å². The third-order valence-electron chi connectivity index (χ3n) is 2.93. The zero-order chi connectivity index (χ0) is 13.2. The summed E-state index contributed by atoms with van der Waals surface area (Å²) in [5, 5.41) is 3.80. The summed E-state index contributed by atoms with van der Waals surface area (Å²) in [6.07, 6.45) is 2.95. The standard InChI is InChI=1S/C10H16BrN3O3S/c1-8-10(11)9(13-17-8)7-12-18(15,16)14-5-3-2-4-6-14/h12H,2-7H2,1H3. The van der Waals surface area contributed by atoms with E-state index >= 15 is 0 Å². The Kier molecular flexibility index (Phi) is 4.41. The van der Waals surface area contributed by atoms with Crippen molar-refractivity contribution in [3.05, 3.63) is 15.9 Å². The van der Waals surface area contributed by atoms with Gasteiger partial charge in [-0.1, -0.05) is 11.6 Å². The second-order valence-corrected chi connectivity index (χ2v) is 6.83. The Morgan fingerprint density at radius 3 is 2.61 bits per heavy atom. The first kappa shape index (κ1) is 14.0. The predicted molar refractivity (Wildman–Crippen MR) is 70.1 cm³/mol. The van der Waals surface area contributed by atoms with Gasteiger partial charge in [0.2, 0.25) is 0 Å². The molecule has 1 aliphatic heterocycles. The van der Waals surface area contributed by atoms with Crippen molar-refractivity contribution in [2.24, 2.45) is 0 Å². The fraction of sp³-hybridized carbons (Fsp3) is 0.700. The quantitative estimate of drug-likeness (QED) is 0.904. The van der Waals surface area contributed by atoms with Crippen molar-refractivity contribution in [3.63, 3.8) is 0 Å². The van der Waals surface area contributed by atoms with E-state index in [-0.39, 0.29) is 6.54 Å². The van der Waals surface area contributed by atoms with Crippen LogP contribution in [-0.4, -0.2) is 31.0 Å². The van der Waals surface area contributed by atoms with Crippen LogP contribution in [0.5, 0.6) is 0 Å². The van der Waals surface area contributed by atoms with Gasteiger partial charge in [-0.15, -0.1) is 0 Å². The summed E-state index contributed by atoms with van der Waals surface area (Å²) < 4.78 is 33.7. The summed E-state index contributed by atoms with van der Waals surface area (Å²) in [6.45, 7) is 3.08. The van der Waals surface area contributed by atoms with Crippen LogP contribution in [0.3, 0.4) is 0 Å². The monoisotopic (exact) mass is 337 g/mol. The lowest BCUT2D eigenvalue weighted by molar-refractivity contribution is 0.341. The van der Waals surface area contributed by atoms with Gasteiger partial charge in [0.05, 0.1) is 11.0 Å². The summed E-state index contributed by atoms with van der Waals surface area (Å²) in [7, 11) is -3.41. The van der Waals surface area contributed by atoms with Gasteiger partial charge in [-0.2, -0.15) is 17.4 Å². The summed E-state index contributed by atoms with van der Waals surface area (Å²) in [6, 6.07) is 0. The summed E-state index contributed by atoms with van der Waals surface area (Å²) in [5.74, 6) is 0.641. The van der Waals surface area contributed by atoms with Gasteiger partial charge in [0.25, 0.3) is 10.2 Å². The minimum atomic E-state index is -3.41. The molecule has 8 heteroatoms. The van der Waals surface area contributed by atoms with E-state index < -0.39 is 10.2 Å². The normalized spacial score (nSPS) is 18.1. The second-order valence-electron chi connectivity index (χ2n) is 4.29. The van der Waals surface area contributed by atoms with E-state index in [9.17, 15) is 8.42 Å². The fourth-order valence-corrected chi connectivity index (χ4v) is 3.40. The van der Waals surface area contributed by atoms with E-state index in [1.54, 1.807) is 6.92 Å². The SMILES string of the molecule is Cc1onc(CNS(=O)(=O)N2CCCCC2)c1Br. The van der Waals surface area contributed by atoms with E-state index in [0.29, 0.717) is 29.0 Å². The first-order valence-electron chi connectivity index (χ1n) is 5.86. The van der Waals surface area contributed by atoms with E-state index in [1.165, 1.54) is 4.31 Å². The molecule has 1 N–H and O–H groups in total. The molecule has 0 spiro atoms. The number of nitrogens with zero attached hydrogens (tertiary/aromatic N) is 2. The number of aromatic nitrogens is 1. The van der Waals surface area contributed by atoms with Gasteiger partial charge in [0.15, 0.2) is 0 Å². The maximum atomic E-state index is 12.0. The molecule has 102 valence electrons. The molecule has 1 aromatic rings.